The maximum atomic E-state index is 12.0. The van der Waals surface area contributed by atoms with Crippen molar-refractivity contribution in [1.29, 1.82) is 0 Å². The second kappa shape index (κ2) is 6.50. The Kier molecular flexibility index (Phi) is 4.47. The summed E-state index contributed by atoms with van der Waals surface area (Å²) in [4.78, 5) is 12.0. The Bertz CT molecular complexity index is 665. The first kappa shape index (κ1) is 13.8. The fourth-order valence-corrected chi connectivity index (χ4v) is 1.62. The SMILES string of the molecule is Cn1cnnc1CNC(=O)c1cccc(C#CCN)c1. The molecule has 3 N–H and O–H groups in total. The van der Waals surface area contributed by atoms with Crippen molar-refractivity contribution in [3.8, 4) is 11.8 Å². The lowest BCUT2D eigenvalue weighted by Gasteiger charge is -2.05. The molecule has 2 rings (SSSR count). The van der Waals surface area contributed by atoms with E-state index in [2.05, 4.69) is 27.4 Å². The quantitative estimate of drug-likeness (QED) is 0.771. The number of nitrogens with two attached hydrogens (primary N) is 1. The van der Waals surface area contributed by atoms with Crippen LogP contribution >= 0.6 is 0 Å². The van der Waals surface area contributed by atoms with Crippen LogP contribution in [0.4, 0.5) is 0 Å². The Balaban J connectivity index is 2.04. The van der Waals surface area contributed by atoms with Gasteiger partial charge < -0.3 is 15.6 Å². The maximum absolute atomic E-state index is 12.0. The minimum absolute atomic E-state index is 0.176. The number of amides is 1. The molecule has 2 aromatic rings. The zero-order chi connectivity index (χ0) is 14.4. The van der Waals surface area contributed by atoms with Gasteiger partial charge in [-0.05, 0) is 18.2 Å². The molecule has 1 heterocycles. The molecule has 0 spiro atoms. The van der Waals surface area contributed by atoms with Gasteiger partial charge in [0, 0.05) is 18.2 Å². The predicted molar refractivity (Wildman–Crippen MR) is 74.5 cm³/mol. The Morgan fingerprint density at radius 3 is 3.05 bits per heavy atom. The summed E-state index contributed by atoms with van der Waals surface area (Å²) >= 11 is 0. The number of aromatic nitrogens is 3. The smallest absolute Gasteiger partial charge is 0.251 e. The third-order valence-corrected chi connectivity index (χ3v) is 2.67. The molecule has 0 bridgehead atoms. The average molecular weight is 269 g/mol. The fourth-order valence-electron chi connectivity index (χ4n) is 1.62. The van der Waals surface area contributed by atoms with Crippen LogP contribution in [0.2, 0.25) is 0 Å². The van der Waals surface area contributed by atoms with Gasteiger partial charge in [0.2, 0.25) is 0 Å². The van der Waals surface area contributed by atoms with E-state index in [1.165, 1.54) is 0 Å². The molecule has 0 saturated heterocycles. The summed E-state index contributed by atoms with van der Waals surface area (Å²) in [5, 5.41) is 10.4. The lowest BCUT2D eigenvalue weighted by Crippen LogP contribution is -2.24. The van der Waals surface area contributed by atoms with Crippen molar-refractivity contribution >= 4 is 5.91 Å². The monoisotopic (exact) mass is 269 g/mol. The van der Waals surface area contributed by atoms with Gasteiger partial charge in [0.05, 0.1) is 13.1 Å². The topological polar surface area (TPSA) is 85.8 Å². The number of rotatable bonds is 3. The van der Waals surface area contributed by atoms with E-state index < -0.39 is 0 Å². The van der Waals surface area contributed by atoms with Gasteiger partial charge in [-0.3, -0.25) is 4.79 Å². The summed E-state index contributed by atoms with van der Waals surface area (Å²) in [7, 11) is 1.82. The molecule has 6 heteroatoms. The zero-order valence-corrected chi connectivity index (χ0v) is 11.1. The van der Waals surface area contributed by atoms with E-state index in [0.29, 0.717) is 24.5 Å². The van der Waals surface area contributed by atoms with Crippen molar-refractivity contribution in [1.82, 2.24) is 20.1 Å². The predicted octanol–water partition coefficient (Wildman–Crippen LogP) is 0.0553. The fraction of sp³-hybridized carbons (Fsp3) is 0.214. The molecule has 0 aliphatic heterocycles. The summed E-state index contributed by atoms with van der Waals surface area (Å²) in [5.74, 6) is 6.17. The van der Waals surface area contributed by atoms with Gasteiger partial charge in [-0.15, -0.1) is 10.2 Å². The van der Waals surface area contributed by atoms with Crippen LogP contribution in [0.5, 0.6) is 0 Å². The Morgan fingerprint density at radius 2 is 2.35 bits per heavy atom. The molecule has 6 nitrogen and oxygen atoms in total. The van der Waals surface area contributed by atoms with Crippen molar-refractivity contribution < 1.29 is 4.79 Å². The maximum Gasteiger partial charge on any atom is 0.251 e. The second-order valence-corrected chi connectivity index (χ2v) is 4.13. The average Bonchev–Trinajstić information content (AvgIpc) is 2.88. The first-order valence-electron chi connectivity index (χ1n) is 6.11. The summed E-state index contributed by atoms with van der Waals surface area (Å²) in [5.41, 5.74) is 6.64. The van der Waals surface area contributed by atoms with Gasteiger partial charge >= 0.3 is 0 Å². The molecular formula is C14H15N5O. The molecule has 0 aliphatic rings. The molecule has 20 heavy (non-hydrogen) atoms. The van der Waals surface area contributed by atoms with Crippen molar-refractivity contribution in [2.45, 2.75) is 6.54 Å². The molecule has 102 valence electrons. The van der Waals surface area contributed by atoms with Crippen LogP contribution in [-0.2, 0) is 13.6 Å². The first-order chi connectivity index (χ1) is 9.70. The van der Waals surface area contributed by atoms with E-state index in [1.54, 1.807) is 29.1 Å². The summed E-state index contributed by atoms with van der Waals surface area (Å²) in [6, 6.07) is 7.09. The standard InChI is InChI=1S/C14H15N5O/c1-19-10-17-18-13(19)9-16-14(20)12-6-2-4-11(8-12)5-3-7-15/h2,4,6,8,10H,7,9,15H2,1H3,(H,16,20). The van der Waals surface area contributed by atoms with Gasteiger partial charge in [-0.1, -0.05) is 17.9 Å². The van der Waals surface area contributed by atoms with Crippen LogP contribution in [0.3, 0.4) is 0 Å². The van der Waals surface area contributed by atoms with E-state index in [4.69, 9.17) is 5.73 Å². The van der Waals surface area contributed by atoms with Crippen molar-refractivity contribution in [2.75, 3.05) is 6.54 Å². The van der Waals surface area contributed by atoms with Crippen LogP contribution in [-0.4, -0.2) is 27.2 Å². The number of hydrogen-bond donors (Lipinski definition) is 2. The highest BCUT2D eigenvalue weighted by atomic mass is 16.1. The number of nitrogens with one attached hydrogen (secondary N) is 1. The largest absolute Gasteiger partial charge is 0.345 e. The van der Waals surface area contributed by atoms with Crippen LogP contribution in [0.15, 0.2) is 30.6 Å². The zero-order valence-electron chi connectivity index (χ0n) is 11.1. The van der Waals surface area contributed by atoms with E-state index in [9.17, 15) is 4.79 Å². The van der Waals surface area contributed by atoms with E-state index in [1.807, 2.05) is 13.1 Å². The molecule has 0 radical (unpaired) electrons. The Hall–Kier alpha value is -2.65. The van der Waals surface area contributed by atoms with Gasteiger partial charge in [0.15, 0.2) is 5.82 Å². The highest BCUT2D eigenvalue weighted by Gasteiger charge is 2.07. The van der Waals surface area contributed by atoms with E-state index >= 15 is 0 Å². The summed E-state index contributed by atoms with van der Waals surface area (Å²) in [6.07, 6.45) is 1.59. The molecular weight excluding hydrogens is 254 g/mol. The third-order valence-electron chi connectivity index (χ3n) is 2.67. The van der Waals surface area contributed by atoms with Gasteiger partial charge in [-0.2, -0.15) is 0 Å². The Labute approximate surface area is 117 Å². The minimum atomic E-state index is -0.176. The summed E-state index contributed by atoms with van der Waals surface area (Å²) in [6.45, 7) is 0.622. The number of carbonyl (C=O) groups excluding carboxylic acids is 1. The van der Waals surface area contributed by atoms with E-state index in [-0.39, 0.29) is 5.91 Å². The first-order valence-corrected chi connectivity index (χ1v) is 6.11. The molecule has 0 fully saturated rings. The number of benzene rings is 1. The number of nitrogens with zero attached hydrogens (tertiary/aromatic N) is 3. The molecule has 1 aromatic carbocycles. The molecule has 0 atom stereocenters. The van der Waals surface area contributed by atoms with E-state index in [0.717, 1.165) is 5.56 Å². The van der Waals surface area contributed by atoms with Crippen LogP contribution < -0.4 is 11.1 Å². The normalized spacial score (nSPS) is 9.70. The lowest BCUT2D eigenvalue weighted by atomic mass is 10.1. The van der Waals surface area contributed by atoms with Gasteiger partial charge in [0.25, 0.3) is 5.91 Å². The van der Waals surface area contributed by atoms with Crippen molar-refractivity contribution in [3.63, 3.8) is 0 Å². The molecule has 0 saturated carbocycles. The minimum Gasteiger partial charge on any atom is -0.345 e. The highest BCUT2D eigenvalue weighted by Crippen LogP contribution is 2.04. The third kappa shape index (κ3) is 3.43. The van der Waals surface area contributed by atoms with Crippen molar-refractivity contribution in [2.24, 2.45) is 12.8 Å². The van der Waals surface area contributed by atoms with Crippen LogP contribution in [0.1, 0.15) is 21.7 Å². The van der Waals surface area contributed by atoms with Crippen LogP contribution in [0.25, 0.3) is 0 Å². The molecule has 1 aromatic heterocycles. The molecule has 0 aliphatic carbocycles. The number of hydrogen-bond acceptors (Lipinski definition) is 4. The lowest BCUT2D eigenvalue weighted by molar-refractivity contribution is 0.0949. The highest BCUT2D eigenvalue weighted by molar-refractivity contribution is 5.94. The number of carbonyl (C=O) groups is 1. The van der Waals surface area contributed by atoms with Crippen LogP contribution in [0, 0.1) is 11.8 Å². The second-order valence-electron chi connectivity index (χ2n) is 4.13. The number of aryl methyl sites for hydroxylation is 1. The molecule has 0 unspecified atom stereocenters. The van der Waals surface area contributed by atoms with Gasteiger partial charge in [-0.25, -0.2) is 0 Å². The Morgan fingerprint density at radius 1 is 1.50 bits per heavy atom. The summed E-state index contributed by atoms with van der Waals surface area (Å²) < 4.78 is 1.75. The molecule has 1 amide bonds. The van der Waals surface area contributed by atoms with Crippen molar-refractivity contribution in [3.05, 3.63) is 47.5 Å². The van der Waals surface area contributed by atoms with Gasteiger partial charge in [0.1, 0.15) is 6.33 Å².